The molecule has 2 unspecified atom stereocenters. The summed E-state index contributed by atoms with van der Waals surface area (Å²) in [6.07, 6.45) is 0.941. The first-order chi connectivity index (χ1) is 7.20. The Morgan fingerprint density at radius 3 is 2.60 bits per heavy atom. The van der Waals surface area contributed by atoms with E-state index in [1.807, 2.05) is 13.1 Å². The van der Waals surface area contributed by atoms with Gasteiger partial charge in [-0.25, -0.2) is 4.39 Å². The Bertz CT molecular complexity index is 301. The molecular formula is C12H19FN2. The van der Waals surface area contributed by atoms with E-state index in [-0.39, 0.29) is 17.8 Å². The summed E-state index contributed by atoms with van der Waals surface area (Å²) in [5, 5.41) is 3.09. The van der Waals surface area contributed by atoms with Gasteiger partial charge in [0, 0.05) is 11.6 Å². The summed E-state index contributed by atoms with van der Waals surface area (Å²) in [6.45, 7) is 2.88. The van der Waals surface area contributed by atoms with Crippen LogP contribution >= 0.6 is 0 Å². The van der Waals surface area contributed by atoms with Crippen molar-refractivity contribution >= 4 is 0 Å². The highest BCUT2D eigenvalue weighted by Gasteiger charge is 2.19. The van der Waals surface area contributed by atoms with Crippen molar-refractivity contribution < 1.29 is 4.39 Å². The van der Waals surface area contributed by atoms with Gasteiger partial charge in [-0.05, 0) is 25.6 Å². The van der Waals surface area contributed by atoms with E-state index in [2.05, 4.69) is 12.2 Å². The molecule has 0 bridgehead atoms. The molecule has 0 saturated heterocycles. The highest BCUT2D eigenvalue weighted by atomic mass is 19.1. The highest BCUT2D eigenvalue weighted by Crippen LogP contribution is 2.23. The number of hydrogen-bond acceptors (Lipinski definition) is 2. The van der Waals surface area contributed by atoms with Gasteiger partial charge >= 0.3 is 0 Å². The lowest BCUT2D eigenvalue weighted by Gasteiger charge is -2.23. The Hall–Kier alpha value is -0.930. The number of halogens is 1. The summed E-state index contributed by atoms with van der Waals surface area (Å²) in [4.78, 5) is 0. The highest BCUT2D eigenvalue weighted by molar-refractivity contribution is 5.21. The first-order valence-corrected chi connectivity index (χ1v) is 5.35. The molecule has 0 fully saturated rings. The molecule has 1 aromatic rings. The smallest absolute Gasteiger partial charge is 0.127 e. The zero-order chi connectivity index (χ0) is 11.3. The normalized spacial score (nSPS) is 14.9. The molecule has 0 aliphatic carbocycles. The molecule has 1 rings (SSSR count). The number of rotatable bonds is 5. The summed E-state index contributed by atoms with van der Waals surface area (Å²) in [7, 11) is 1.89. The zero-order valence-corrected chi connectivity index (χ0v) is 9.33. The molecule has 0 heterocycles. The van der Waals surface area contributed by atoms with Crippen molar-refractivity contribution in [2.75, 3.05) is 13.6 Å². The predicted octanol–water partition coefficient (Wildman–Crippen LogP) is 2.07. The topological polar surface area (TPSA) is 38.0 Å². The Morgan fingerprint density at radius 2 is 2.07 bits per heavy atom. The van der Waals surface area contributed by atoms with E-state index in [4.69, 9.17) is 5.73 Å². The third kappa shape index (κ3) is 3.01. The lowest BCUT2D eigenvalue weighted by atomic mass is 9.91. The maximum absolute atomic E-state index is 13.5. The molecule has 0 aromatic heterocycles. The Morgan fingerprint density at radius 1 is 1.40 bits per heavy atom. The van der Waals surface area contributed by atoms with Crippen LogP contribution in [0.3, 0.4) is 0 Å². The second kappa shape index (κ2) is 5.83. The van der Waals surface area contributed by atoms with Crippen molar-refractivity contribution in [1.29, 1.82) is 0 Å². The molecule has 0 aliphatic heterocycles. The number of hydrogen-bond donors (Lipinski definition) is 2. The minimum Gasteiger partial charge on any atom is -0.324 e. The molecule has 3 heteroatoms. The second-order valence-corrected chi connectivity index (χ2v) is 3.77. The van der Waals surface area contributed by atoms with E-state index < -0.39 is 0 Å². The minimum atomic E-state index is -0.233. The third-order valence-electron chi connectivity index (χ3n) is 2.76. The summed E-state index contributed by atoms with van der Waals surface area (Å²) in [5.41, 5.74) is 6.67. The lowest BCUT2D eigenvalue weighted by Crippen LogP contribution is -2.29. The van der Waals surface area contributed by atoms with Crippen molar-refractivity contribution in [2.24, 2.45) is 11.7 Å². The predicted molar refractivity (Wildman–Crippen MR) is 61.0 cm³/mol. The van der Waals surface area contributed by atoms with Crippen molar-refractivity contribution in [3.63, 3.8) is 0 Å². The monoisotopic (exact) mass is 210 g/mol. The molecule has 0 spiro atoms. The average Bonchev–Trinajstić information content (AvgIpc) is 2.25. The van der Waals surface area contributed by atoms with Gasteiger partial charge in [0.25, 0.3) is 0 Å². The summed E-state index contributed by atoms with van der Waals surface area (Å²) < 4.78 is 13.5. The van der Waals surface area contributed by atoms with Gasteiger partial charge in [-0.3, -0.25) is 0 Å². The van der Waals surface area contributed by atoms with E-state index in [0.717, 1.165) is 13.0 Å². The van der Waals surface area contributed by atoms with E-state index in [0.29, 0.717) is 5.56 Å². The number of nitrogens with two attached hydrogens (primary N) is 1. The molecule has 84 valence electrons. The number of benzene rings is 1. The summed E-state index contributed by atoms with van der Waals surface area (Å²) in [6, 6.07) is 6.50. The zero-order valence-electron chi connectivity index (χ0n) is 9.33. The van der Waals surface area contributed by atoms with E-state index >= 15 is 0 Å². The van der Waals surface area contributed by atoms with Gasteiger partial charge < -0.3 is 11.1 Å². The van der Waals surface area contributed by atoms with E-state index in [1.54, 1.807) is 12.1 Å². The van der Waals surface area contributed by atoms with E-state index in [1.165, 1.54) is 6.07 Å². The van der Waals surface area contributed by atoms with Crippen molar-refractivity contribution in [1.82, 2.24) is 5.32 Å². The van der Waals surface area contributed by atoms with Crippen LogP contribution < -0.4 is 11.1 Å². The molecule has 0 amide bonds. The standard InChI is InChI=1S/C12H19FN2/c1-3-9(8-15-2)12(14)10-6-4-5-7-11(10)13/h4-7,9,12,15H,3,8,14H2,1-2H3. The van der Waals surface area contributed by atoms with Crippen LogP contribution in [0.1, 0.15) is 24.9 Å². The van der Waals surface area contributed by atoms with Crippen LogP contribution in [0.2, 0.25) is 0 Å². The fourth-order valence-electron chi connectivity index (χ4n) is 1.79. The third-order valence-corrected chi connectivity index (χ3v) is 2.76. The first kappa shape index (κ1) is 12.1. The quantitative estimate of drug-likeness (QED) is 0.780. The Balaban J connectivity index is 2.82. The fourth-order valence-corrected chi connectivity index (χ4v) is 1.79. The van der Waals surface area contributed by atoms with Gasteiger partial charge in [0.1, 0.15) is 5.82 Å². The average molecular weight is 210 g/mol. The molecule has 2 atom stereocenters. The van der Waals surface area contributed by atoms with E-state index in [9.17, 15) is 4.39 Å². The Labute approximate surface area is 90.7 Å². The molecule has 0 radical (unpaired) electrons. The second-order valence-electron chi connectivity index (χ2n) is 3.77. The van der Waals surface area contributed by atoms with Gasteiger partial charge in [0.05, 0.1) is 0 Å². The van der Waals surface area contributed by atoms with Crippen molar-refractivity contribution in [3.05, 3.63) is 35.6 Å². The van der Waals surface area contributed by atoms with Crippen LogP contribution in [0.25, 0.3) is 0 Å². The van der Waals surface area contributed by atoms with Crippen LogP contribution in [0.5, 0.6) is 0 Å². The Kier molecular flexibility index (Phi) is 4.72. The molecule has 15 heavy (non-hydrogen) atoms. The molecule has 2 nitrogen and oxygen atoms in total. The molecule has 3 N–H and O–H groups in total. The van der Waals surface area contributed by atoms with Crippen LogP contribution in [-0.2, 0) is 0 Å². The first-order valence-electron chi connectivity index (χ1n) is 5.35. The maximum Gasteiger partial charge on any atom is 0.127 e. The maximum atomic E-state index is 13.5. The molecule has 0 saturated carbocycles. The largest absolute Gasteiger partial charge is 0.324 e. The van der Waals surface area contributed by atoms with Crippen LogP contribution in [0.4, 0.5) is 4.39 Å². The minimum absolute atomic E-state index is 0.209. The van der Waals surface area contributed by atoms with Crippen LogP contribution in [0.15, 0.2) is 24.3 Å². The molecule has 0 aliphatic rings. The summed E-state index contributed by atoms with van der Waals surface area (Å²) in [5.74, 6) is 0.0615. The number of nitrogens with one attached hydrogen (secondary N) is 1. The van der Waals surface area contributed by atoms with Crippen LogP contribution in [0, 0.1) is 11.7 Å². The van der Waals surface area contributed by atoms with Gasteiger partial charge in [0.15, 0.2) is 0 Å². The molecular weight excluding hydrogens is 191 g/mol. The van der Waals surface area contributed by atoms with Crippen molar-refractivity contribution in [3.8, 4) is 0 Å². The SMILES string of the molecule is CCC(CNC)C(N)c1ccccc1F. The van der Waals surface area contributed by atoms with Crippen LogP contribution in [-0.4, -0.2) is 13.6 Å². The fraction of sp³-hybridized carbons (Fsp3) is 0.500. The lowest BCUT2D eigenvalue weighted by molar-refractivity contribution is 0.392. The van der Waals surface area contributed by atoms with Gasteiger partial charge in [-0.2, -0.15) is 0 Å². The summed E-state index contributed by atoms with van der Waals surface area (Å²) >= 11 is 0. The van der Waals surface area contributed by atoms with Gasteiger partial charge in [-0.1, -0.05) is 31.5 Å². The van der Waals surface area contributed by atoms with Gasteiger partial charge in [-0.15, -0.1) is 0 Å². The van der Waals surface area contributed by atoms with Crippen molar-refractivity contribution in [2.45, 2.75) is 19.4 Å². The van der Waals surface area contributed by atoms with Gasteiger partial charge in [0.2, 0.25) is 0 Å². The molecule has 1 aromatic carbocycles.